The Hall–Kier alpha value is -0.870. The molecule has 0 bridgehead atoms. The highest BCUT2D eigenvalue weighted by Gasteiger charge is 2.31. The first kappa shape index (κ1) is 13.1. The van der Waals surface area contributed by atoms with Crippen LogP contribution in [-0.4, -0.2) is 23.2 Å². The van der Waals surface area contributed by atoms with Gasteiger partial charge in [-0.15, -0.1) is 11.3 Å². The normalized spacial score (nSPS) is 30.7. The molecular formula is C15H21NO2S. The molecule has 1 aromatic rings. The molecule has 1 fully saturated rings. The summed E-state index contributed by atoms with van der Waals surface area (Å²) in [6.45, 7) is 0. The maximum atomic E-state index is 12.5. The van der Waals surface area contributed by atoms with Gasteiger partial charge in [0.25, 0.3) is 0 Å². The molecule has 2 aliphatic rings. The minimum atomic E-state index is -0.358. The summed E-state index contributed by atoms with van der Waals surface area (Å²) in [6, 6.07) is 2.06. The second-order valence-corrected chi connectivity index (χ2v) is 6.71. The lowest BCUT2D eigenvalue weighted by Crippen LogP contribution is -2.47. The van der Waals surface area contributed by atoms with E-state index in [1.807, 2.05) is 0 Å². The molecule has 4 heteroatoms. The van der Waals surface area contributed by atoms with E-state index in [4.69, 9.17) is 0 Å². The average molecular weight is 279 g/mol. The number of amides is 1. The third-order valence-electron chi connectivity index (χ3n) is 4.43. The van der Waals surface area contributed by atoms with E-state index < -0.39 is 0 Å². The predicted octanol–water partition coefficient (Wildman–Crippen LogP) is 2.59. The number of fused-ring (bicyclic) bond motifs is 1. The molecule has 1 saturated carbocycles. The highest BCUT2D eigenvalue weighted by Crippen LogP contribution is 2.35. The van der Waals surface area contributed by atoms with Gasteiger partial charge in [-0.2, -0.15) is 0 Å². The molecule has 0 saturated heterocycles. The number of thiophene rings is 1. The lowest BCUT2D eigenvalue weighted by molar-refractivity contribution is -0.124. The van der Waals surface area contributed by atoms with Crippen molar-refractivity contribution < 1.29 is 9.90 Å². The second-order valence-electron chi connectivity index (χ2n) is 5.71. The van der Waals surface area contributed by atoms with Crippen LogP contribution in [0.5, 0.6) is 0 Å². The summed E-state index contributed by atoms with van der Waals surface area (Å²) in [5, 5.41) is 15.1. The van der Waals surface area contributed by atoms with E-state index >= 15 is 0 Å². The van der Waals surface area contributed by atoms with E-state index in [1.165, 1.54) is 10.4 Å². The van der Waals surface area contributed by atoms with Crippen LogP contribution >= 0.6 is 11.3 Å². The smallest absolute Gasteiger partial charge is 0.227 e. The Morgan fingerprint density at radius 2 is 2.11 bits per heavy atom. The van der Waals surface area contributed by atoms with Crippen LogP contribution in [0.15, 0.2) is 11.4 Å². The van der Waals surface area contributed by atoms with Crippen molar-refractivity contribution in [2.75, 3.05) is 0 Å². The van der Waals surface area contributed by atoms with Crippen molar-refractivity contribution in [1.29, 1.82) is 0 Å². The first-order valence-electron chi connectivity index (χ1n) is 7.30. The molecule has 1 heterocycles. The summed E-state index contributed by atoms with van der Waals surface area (Å²) in [6.07, 6.45) is 6.71. The van der Waals surface area contributed by atoms with Gasteiger partial charge in [0, 0.05) is 4.88 Å². The Bertz CT molecular complexity index is 457. The molecule has 0 spiro atoms. The van der Waals surface area contributed by atoms with Gasteiger partial charge in [0.1, 0.15) is 0 Å². The quantitative estimate of drug-likeness (QED) is 0.874. The van der Waals surface area contributed by atoms with Gasteiger partial charge in [0.15, 0.2) is 0 Å². The SMILES string of the molecule is O=C(NC1CCCCC1O)C1CCCc2sccc21. The molecule has 3 rings (SSSR count). The van der Waals surface area contributed by atoms with Gasteiger partial charge >= 0.3 is 0 Å². The molecular weight excluding hydrogens is 258 g/mol. The fourth-order valence-electron chi connectivity index (χ4n) is 3.32. The van der Waals surface area contributed by atoms with Crippen LogP contribution in [-0.2, 0) is 11.2 Å². The van der Waals surface area contributed by atoms with Gasteiger partial charge in [-0.1, -0.05) is 12.8 Å². The fourth-order valence-corrected chi connectivity index (χ4v) is 4.31. The fraction of sp³-hybridized carbons (Fsp3) is 0.667. The number of aryl methyl sites for hydroxylation is 1. The van der Waals surface area contributed by atoms with Crippen molar-refractivity contribution in [3.8, 4) is 0 Å². The van der Waals surface area contributed by atoms with Crippen molar-refractivity contribution >= 4 is 17.2 Å². The zero-order valence-corrected chi connectivity index (χ0v) is 11.9. The van der Waals surface area contributed by atoms with Crippen molar-refractivity contribution in [2.45, 2.75) is 63.0 Å². The van der Waals surface area contributed by atoms with E-state index in [1.54, 1.807) is 11.3 Å². The Morgan fingerprint density at radius 3 is 2.95 bits per heavy atom. The minimum absolute atomic E-state index is 0.00382. The highest BCUT2D eigenvalue weighted by molar-refractivity contribution is 7.10. The van der Waals surface area contributed by atoms with Crippen LogP contribution in [0.2, 0.25) is 0 Å². The average Bonchev–Trinajstić information content (AvgIpc) is 2.89. The Balaban J connectivity index is 1.68. The summed E-state index contributed by atoms with van der Waals surface area (Å²) < 4.78 is 0. The van der Waals surface area contributed by atoms with Crippen molar-refractivity contribution in [2.24, 2.45) is 0 Å². The summed E-state index contributed by atoms with van der Waals surface area (Å²) in [5.41, 5.74) is 1.22. The monoisotopic (exact) mass is 279 g/mol. The number of hydrogen-bond acceptors (Lipinski definition) is 3. The molecule has 2 N–H and O–H groups in total. The number of rotatable bonds is 2. The van der Waals surface area contributed by atoms with Crippen LogP contribution in [0.1, 0.15) is 54.9 Å². The largest absolute Gasteiger partial charge is 0.391 e. The van der Waals surface area contributed by atoms with Crippen LogP contribution < -0.4 is 5.32 Å². The number of aliphatic hydroxyl groups excluding tert-OH is 1. The first-order valence-corrected chi connectivity index (χ1v) is 8.18. The van der Waals surface area contributed by atoms with Gasteiger partial charge in [-0.05, 0) is 49.1 Å². The highest BCUT2D eigenvalue weighted by atomic mass is 32.1. The van der Waals surface area contributed by atoms with Crippen molar-refractivity contribution in [3.05, 3.63) is 21.9 Å². The molecule has 104 valence electrons. The third-order valence-corrected chi connectivity index (χ3v) is 5.42. The summed E-state index contributed by atoms with van der Waals surface area (Å²) in [7, 11) is 0. The number of carbonyl (C=O) groups is 1. The summed E-state index contributed by atoms with van der Waals surface area (Å²) in [5.74, 6) is 0.120. The van der Waals surface area contributed by atoms with E-state index in [2.05, 4.69) is 16.8 Å². The minimum Gasteiger partial charge on any atom is -0.391 e. The van der Waals surface area contributed by atoms with Gasteiger partial charge < -0.3 is 10.4 Å². The van der Waals surface area contributed by atoms with Gasteiger partial charge in [-0.25, -0.2) is 0 Å². The van der Waals surface area contributed by atoms with Crippen molar-refractivity contribution in [3.63, 3.8) is 0 Å². The molecule has 0 radical (unpaired) electrons. The zero-order valence-electron chi connectivity index (χ0n) is 11.1. The molecule has 0 aromatic carbocycles. The van der Waals surface area contributed by atoms with E-state index in [-0.39, 0.29) is 24.0 Å². The molecule has 3 unspecified atom stereocenters. The van der Waals surface area contributed by atoms with Gasteiger partial charge in [0.2, 0.25) is 5.91 Å². The maximum absolute atomic E-state index is 12.5. The topological polar surface area (TPSA) is 49.3 Å². The first-order chi connectivity index (χ1) is 9.25. The Kier molecular flexibility index (Phi) is 3.89. The van der Waals surface area contributed by atoms with Crippen LogP contribution in [0.4, 0.5) is 0 Å². The zero-order chi connectivity index (χ0) is 13.2. The molecule has 2 aliphatic carbocycles. The summed E-state index contributed by atoms with van der Waals surface area (Å²) >= 11 is 1.76. The molecule has 3 atom stereocenters. The number of carbonyl (C=O) groups excluding carboxylic acids is 1. The lowest BCUT2D eigenvalue weighted by Gasteiger charge is -2.31. The maximum Gasteiger partial charge on any atom is 0.227 e. The van der Waals surface area contributed by atoms with Crippen LogP contribution in [0.3, 0.4) is 0 Å². The molecule has 3 nitrogen and oxygen atoms in total. The number of aliphatic hydroxyl groups is 1. The van der Waals surface area contributed by atoms with E-state index in [0.29, 0.717) is 0 Å². The second kappa shape index (κ2) is 5.63. The molecule has 1 aromatic heterocycles. The number of hydrogen-bond donors (Lipinski definition) is 2. The molecule has 0 aliphatic heterocycles. The van der Waals surface area contributed by atoms with Gasteiger partial charge in [0.05, 0.1) is 18.1 Å². The van der Waals surface area contributed by atoms with E-state index in [9.17, 15) is 9.90 Å². The molecule has 1 amide bonds. The van der Waals surface area contributed by atoms with Crippen LogP contribution in [0.25, 0.3) is 0 Å². The van der Waals surface area contributed by atoms with Crippen LogP contribution in [0, 0.1) is 0 Å². The predicted molar refractivity (Wildman–Crippen MR) is 76.4 cm³/mol. The Labute approximate surface area is 118 Å². The van der Waals surface area contributed by atoms with E-state index in [0.717, 1.165) is 44.9 Å². The molecule has 19 heavy (non-hydrogen) atoms. The summed E-state index contributed by atoms with van der Waals surface area (Å²) in [4.78, 5) is 13.8. The lowest BCUT2D eigenvalue weighted by atomic mass is 9.86. The van der Waals surface area contributed by atoms with Gasteiger partial charge in [-0.3, -0.25) is 4.79 Å². The van der Waals surface area contributed by atoms with Crippen molar-refractivity contribution in [1.82, 2.24) is 5.32 Å². The Morgan fingerprint density at radius 1 is 1.26 bits per heavy atom. The third kappa shape index (κ3) is 2.70. The standard InChI is InChI=1S/C15H21NO2S/c17-13-6-2-1-5-12(13)16-15(18)11-4-3-7-14-10(11)8-9-19-14/h8-9,11-13,17H,1-7H2,(H,16,18). The number of nitrogens with one attached hydrogen (secondary N) is 1.